The van der Waals surface area contributed by atoms with Crippen LogP contribution in [0.5, 0.6) is 0 Å². The Hall–Kier alpha value is -2.98. The van der Waals surface area contributed by atoms with Crippen LogP contribution in [0, 0.1) is 18.2 Å². The number of aromatic nitrogens is 3. The van der Waals surface area contributed by atoms with Gasteiger partial charge in [-0.3, -0.25) is 4.79 Å². The van der Waals surface area contributed by atoms with Gasteiger partial charge < -0.3 is 9.88 Å². The molecule has 1 N–H and O–H groups in total. The number of amides is 1. The van der Waals surface area contributed by atoms with Crippen molar-refractivity contribution in [2.75, 3.05) is 6.54 Å². The highest BCUT2D eigenvalue weighted by atomic mass is 32.1. The summed E-state index contributed by atoms with van der Waals surface area (Å²) in [5, 5.41) is 4.90. The highest BCUT2D eigenvalue weighted by Gasteiger charge is 2.18. The second-order valence-corrected chi connectivity index (χ2v) is 5.84. The van der Waals surface area contributed by atoms with E-state index in [1.165, 1.54) is 23.5 Å². The number of imidazole rings is 1. The van der Waals surface area contributed by atoms with E-state index in [1.54, 1.807) is 23.8 Å². The number of nitrogens with one attached hydrogen (secondary N) is 1. The highest BCUT2D eigenvalue weighted by molar-refractivity contribution is 7.13. The normalized spacial score (nSPS) is 10.4. The minimum absolute atomic E-state index is 0.151. The Morgan fingerprint density at radius 3 is 2.88 bits per heavy atom. The van der Waals surface area contributed by atoms with Crippen molar-refractivity contribution in [3.8, 4) is 34.3 Å². The molecule has 0 spiro atoms. The van der Waals surface area contributed by atoms with Crippen LogP contribution in [0.4, 0.5) is 4.39 Å². The van der Waals surface area contributed by atoms with Gasteiger partial charge in [-0.15, -0.1) is 17.8 Å². The number of thiazole rings is 1. The van der Waals surface area contributed by atoms with E-state index in [2.05, 4.69) is 21.2 Å². The predicted molar refractivity (Wildman–Crippen MR) is 90.9 cm³/mol. The first kappa shape index (κ1) is 15.9. The van der Waals surface area contributed by atoms with E-state index in [1.807, 2.05) is 11.6 Å². The lowest BCUT2D eigenvalue weighted by Crippen LogP contribution is -2.23. The molecule has 2 heterocycles. The molecule has 7 heteroatoms. The Balaban J connectivity index is 1.97. The summed E-state index contributed by atoms with van der Waals surface area (Å²) in [4.78, 5) is 20.7. The van der Waals surface area contributed by atoms with Crippen LogP contribution in [0.15, 0.2) is 36.0 Å². The van der Waals surface area contributed by atoms with Gasteiger partial charge in [0.1, 0.15) is 22.2 Å². The third-order valence-electron chi connectivity index (χ3n) is 3.35. The maximum Gasteiger partial charge on any atom is 0.271 e. The number of carbonyl (C=O) groups is 1. The molecule has 0 unspecified atom stereocenters. The van der Waals surface area contributed by atoms with Crippen molar-refractivity contribution in [1.29, 1.82) is 0 Å². The van der Waals surface area contributed by atoms with Crippen molar-refractivity contribution in [2.24, 2.45) is 7.05 Å². The Bertz CT molecular complexity index is 921. The fourth-order valence-corrected chi connectivity index (χ4v) is 3.10. The molecule has 0 saturated carbocycles. The van der Waals surface area contributed by atoms with Gasteiger partial charge in [0, 0.05) is 18.0 Å². The smallest absolute Gasteiger partial charge is 0.271 e. The minimum atomic E-state index is -0.319. The molecule has 5 nitrogen and oxygen atoms in total. The van der Waals surface area contributed by atoms with E-state index >= 15 is 0 Å². The Morgan fingerprint density at radius 2 is 2.17 bits per heavy atom. The third kappa shape index (κ3) is 3.05. The molecule has 3 aromatic rings. The number of hydrogen-bond acceptors (Lipinski definition) is 4. The SMILES string of the molecule is C#CCNC(=O)c1csc(-c2c(-c3ccc(F)cc3)ncn2C)n1. The zero-order chi connectivity index (χ0) is 17.1. The van der Waals surface area contributed by atoms with Crippen molar-refractivity contribution in [3.05, 3.63) is 47.5 Å². The van der Waals surface area contributed by atoms with E-state index < -0.39 is 0 Å². The van der Waals surface area contributed by atoms with Crippen LogP contribution in [-0.2, 0) is 7.05 Å². The Morgan fingerprint density at radius 1 is 1.42 bits per heavy atom. The van der Waals surface area contributed by atoms with Crippen LogP contribution in [0.25, 0.3) is 22.0 Å². The number of terminal acetylenes is 1. The van der Waals surface area contributed by atoms with Crippen LogP contribution >= 0.6 is 11.3 Å². The summed E-state index contributed by atoms with van der Waals surface area (Å²) in [6, 6.07) is 6.09. The molecule has 0 saturated heterocycles. The summed E-state index contributed by atoms with van der Waals surface area (Å²) in [5.41, 5.74) is 2.53. The predicted octanol–water partition coefficient (Wildman–Crippen LogP) is 2.71. The largest absolute Gasteiger partial charge is 0.340 e. The summed E-state index contributed by atoms with van der Waals surface area (Å²) in [6.07, 6.45) is 6.79. The molecule has 0 radical (unpaired) electrons. The Kier molecular flexibility index (Phi) is 4.40. The molecular formula is C17H13FN4OS. The lowest BCUT2D eigenvalue weighted by Gasteiger charge is -2.03. The molecule has 0 atom stereocenters. The minimum Gasteiger partial charge on any atom is -0.340 e. The van der Waals surface area contributed by atoms with E-state index in [0.717, 1.165) is 11.3 Å². The zero-order valence-electron chi connectivity index (χ0n) is 12.8. The van der Waals surface area contributed by atoms with Crippen LogP contribution in [0.2, 0.25) is 0 Å². The maximum atomic E-state index is 13.1. The number of hydrogen-bond donors (Lipinski definition) is 1. The summed E-state index contributed by atoms with van der Waals surface area (Å²) in [7, 11) is 1.84. The fraction of sp³-hybridized carbons (Fsp3) is 0.118. The number of benzene rings is 1. The van der Waals surface area contributed by atoms with Gasteiger partial charge in [-0.1, -0.05) is 5.92 Å². The first-order valence-electron chi connectivity index (χ1n) is 7.05. The number of nitrogens with zero attached hydrogens (tertiary/aromatic N) is 3. The van der Waals surface area contributed by atoms with Crippen molar-refractivity contribution in [2.45, 2.75) is 0 Å². The van der Waals surface area contributed by atoms with Gasteiger partial charge in [-0.05, 0) is 24.3 Å². The molecule has 120 valence electrons. The van der Waals surface area contributed by atoms with E-state index in [-0.39, 0.29) is 18.3 Å². The van der Waals surface area contributed by atoms with Gasteiger partial charge in [0.25, 0.3) is 5.91 Å². The second kappa shape index (κ2) is 6.64. The average Bonchev–Trinajstić information content (AvgIpc) is 3.20. The molecule has 24 heavy (non-hydrogen) atoms. The third-order valence-corrected chi connectivity index (χ3v) is 4.19. The molecule has 3 rings (SSSR count). The zero-order valence-corrected chi connectivity index (χ0v) is 13.6. The van der Waals surface area contributed by atoms with E-state index in [4.69, 9.17) is 6.42 Å². The van der Waals surface area contributed by atoms with Crippen molar-refractivity contribution < 1.29 is 9.18 Å². The number of halogens is 1. The number of aryl methyl sites for hydroxylation is 1. The van der Waals surface area contributed by atoms with Crippen LogP contribution in [-0.4, -0.2) is 27.0 Å². The molecule has 0 aliphatic carbocycles. The van der Waals surface area contributed by atoms with Crippen molar-refractivity contribution in [3.63, 3.8) is 0 Å². The van der Waals surface area contributed by atoms with E-state index in [9.17, 15) is 9.18 Å². The molecule has 0 aliphatic rings. The molecule has 1 amide bonds. The van der Waals surface area contributed by atoms with Crippen LogP contribution in [0.1, 0.15) is 10.5 Å². The lowest BCUT2D eigenvalue weighted by atomic mass is 10.1. The van der Waals surface area contributed by atoms with Crippen LogP contribution in [0.3, 0.4) is 0 Å². The molecular weight excluding hydrogens is 327 g/mol. The fourth-order valence-electron chi connectivity index (χ4n) is 2.21. The summed E-state index contributed by atoms with van der Waals surface area (Å²) >= 11 is 1.34. The average molecular weight is 340 g/mol. The van der Waals surface area contributed by atoms with Gasteiger partial charge in [0.2, 0.25) is 0 Å². The lowest BCUT2D eigenvalue weighted by molar-refractivity contribution is 0.0954. The monoisotopic (exact) mass is 340 g/mol. The van der Waals surface area contributed by atoms with Crippen molar-refractivity contribution in [1.82, 2.24) is 19.9 Å². The van der Waals surface area contributed by atoms with Gasteiger partial charge in [0.05, 0.1) is 18.6 Å². The van der Waals surface area contributed by atoms with Gasteiger partial charge in [0.15, 0.2) is 0 Å². The number of rotatable bonds is 4. The first-order valence-corrected chi connectivity index (χ1v) is 7.93. The van der Waals surface area contributed by atoms with Crippen LogP contribution < -0.4 is 5.32 Å². The Labute approximate surface area is 142 Å². The highest BCUT2D eigenvalue weighted by Crippen LogP contribution is 2.32. The van der Waals surface area contributed by atoms with Gasteiger partial charge >= 0.3 is 0 Å². The first-order chi connectivity index (χ1) is 11.6. The maximum absolute atomic E-state index is 13.1. The number of carbonyl (C=O) groups excluding carboxylic acids is 1. The molecule has 1 aromatic carbocycles. The summed E-state index contributed by atoms with van der Waals surface area (Å²) in [6.45, 7) is 0.151. The van der Waals surface area contributed by atoms with Gasteiger partial charge in [-0.2, -0.15) is 0 Å². The second-order valence-electron chi connectivity index (χ2n) is 4.98. The molecule has 0 fully saturated rings. The van der Waals surface area contributed by atoms with Gasteiger partial charge in [-0.25, -0.2) is 14.4 Å². The quantitative estimate of drug-likeness (QED) is 0.743. The molecule has 0 aliphatic heterocycles. The molecule has 0 bridgehead atoms. The van der Waals surface area contributed by atoms with E-state index in [0.29, 0.717) is 16.4 Å². The summed E-state index contributed by atoms with van der Waals surface area (Å²) < 4.78 is 15.0. The van der Waals surface area contributed by atoms with Crippen molar-refractivity contribution >= 4 is 17.2 Å². The standard InChI is InChI=1S/C17H13FN4OS/c1-3-8-19-16(23)13-9-24-17(21-13)15-14(20-10-22(15)2)11-4-6-12(18)7-5-11/h1,4-7,9-10H,8H2,2H3,(H,19,23). The molecule has 2 aromatic heterocycles. The topological polar surface area (TPSA) is 59.8 Å². The summed E-state index contributed by atoms with van der Waals surface area (Å²) in [5.74, 6) is 1.72.